The Morgan fingerprint density at radius 3 is 3.07 bits per heavy atom. The summed E-state index contributed by atoms with van der Waals surface area (Å²) in [6, 6.07) is 1.70. The van der Waals surface area contributed by atoms with Crippen molar-refractivity contribution >= 4 is 28.5 Å². The van der Waals surface area contributed by atoms with Gasteiger partial charge in [-0.3, -0.25) is 4.79 Å². The van der Waals surface area contributed by atoms with Crippen LogP contribution < -0.4 is 5.32 Å². The zero-order valence-electron chi connectivity index (χ0n) is 7.90. The maximum Gasteiger partial charge on any atom is 0.354 e. The first-order valence-electron chi connectivity index (χ1n) is 4.27. The van der Waals surface area contributed by atoms with Crippen LogP contribution in [0.2, 0.25) is 0 Å². The average Bonchev–Trinajstić information content (AvgIpc) is 2.17. The van der Waals surface area contributed by atoms with Crippen LogP contribution in [-0.4, -0.2) is 27.7 Å². The summed E-state index contributed by atoms with van der Waals surface area (Å²) in [6.45, 7) is 1.94. The summed E-state index contributed by atoms with van der Waals surface area (Å²) >= 11 is 0.976. The number of carboxylic acid groups (broad SMARTS) is 1. The van der Waals surface area contributed by atoms with Gasteiger partial charge in [0.15, 0.2) is 5.69 Å². The molecule has 78 valence electrons. The topological polar surface area (TPSA) is 79.3 Å². The quantitative estimate of drug-likeness (QED) is 0.744. The molecule has 1 aliphatic heterocycles. The molecule has 2 heterocycles. The lowest BCUT2D eigenvalue weighted by molar-refractivity contribution is -0.109. The molecule has 2 N–H and O–H groups in total. The summed E-state index contributed by atoms with van der Waals surface area (Å²) in [7, 11) is 0. The highest BCUT2D eigenvalue weighted by atomic mass is 32.2. The molecular formula is C9H8N2O3S. The average molecular weight is 224 g/mol. The summed E-state index contributed by atoms with van der Waals surface area (Å²) < 4.78 is 0. The molecule has 0 amide bonds. The lowest BCUT2D eigenvalue weighted by atomic mass is 10.2. The lowest BCUT2D eigenvalue weighted by Crippen LogP contribution is -2.18. The number of hydrogen-bond donors (Lipinski definition) is 2. The number of rotatable bonds is 1. The molecular weight excluding hydrogens is 216 g/mol. The van der Waals surface area contributed by atoms with Crippen molar-refractivity contribution in [2.45, 2.75) is 11.9 Å². The van der Waals surface area contributed by atoms with Crippen molar-refractivity contribution in [3.05, 3.63) is 17.3 Å². The summed E-state index contributed by atoms with van der Waals surface area (Å²) in [5.74, 6) is -1.08. The van der Waals surface area contributed by atoms with Gasteiger partial charge in [0.1, 0.15) is 5.03 Å². The second-order valence-corrected chi connectivity index (χ2v) is 4.19. The van der Waals surface area contributed by atoms with Crippen LogP contribution in [0.5, 0.6) is 0 Å². The maximum absolute atomic E-state index is 11.1. The van der Waals surface area contributed by atoms with Gasteiger partial charge < -0.3 is 10.4 Å². The fraction of sp³-hybridized carbons (Fsp3) is 0.222. The minimum absolute atomic E-state index is 0.00208. The number of pyridine rings is 1. The molecule has 0 saturated carbocycles. The number of aromatic nitrogens is 1. The molecule has 1 aromatic heterocycles. The van der Waals surface area contributed by atoms with E-state index in [4.69, 9.17) is 5.11 Å². The van der Waals surface area contributed by atoms with Gasteiger partial charge in [0.2, 0.25) is 5.12 Å². The molecule has 15 heavy (non-hydrogen) atoms. The summed E-state index contributed by atoms with van der Waals surface area (Å²) in [4.78, 5) is 25.9. The van der Waals surface area contributed by atoms with Gasteiger partial charge in [-0.15, -0.1) is 0 Å². The Morgan fingerprint density at radius 2 is 2.40 bits per heavy atom. The molecule has 6 heteroatoms. The molecule has 1 aromatic rings. The van der Waals surface area contributed by atoms with Crippen LogP contribution >= 0.6 is 11.8 Å². The molecule has 0 atom stereocenters. The van der Waals surface area contributed by atoms with E-state index in [2.05, 4.69) is 10.3 Å². The lowest BCUT2D eigenvalue weighted by Gasteiger charge is -2.16. The third kappa shape index (κ3) is 1.80. The van der Waals surface area contributed by atoms with Gasteiger partial charge in [0.25, 0.3) is 0 Å². The highest BCUT2D eigenvalue weighted by Crippen LogP contribution is 2.31. The van der Waals surface area contributed by atoms with Crippen LogP contribution in [0, 0.1) is 6.92 Å². The molecule has 0 radical (unpaired) electrons. The van der Waals surface area contributed by atoms with Crippen LogP contribution in [0.1, 0.15) is 16.1 Å². The predicted molar refractivity (Wildman–Crippen MR) is 55.3 cm³/mol. The maximum atomic E-state index is 11.1. The van der Waals surface area contributed by atoms with Crippen molar-refractivity contribution in [3.8, 4) is 0 Å². The van der Waals surface area contributed by atoms with E-state index < -0.39 is 5.97 Å². The predicted octanol–water partition coefficient (Wildman–Crippen LogP) is 1.13. The zero-order chi connectivity index (χ0) is 11.0. The number of thioether (sulfide) groups is 1. The Balaban J connectivity index is 2.51. The molecule has 0 spiro atoms. The van der Waals surface area contributed by atoms with Crippen molar-refractivity contribution in [1.82, 2.24) is 4.98 Å². The second-order valence-electron chi connectivity index (χ2n) is 3.14. The molecule has 0 unspecified atom stereocenters. The number of nitrogens with one attached hydrogen (secondary N) is 1. The molecule has 2 rings (SSSR count). The third-order valence-electron chi connectivity index (χ3n) is 2.01. The van der Waals surface area contributed by atoms with E-state index in [0.29, 0.717) is 10.6 Å². The van der Waals surface area contributed by atoms with Gasteiger partial charge in [-0.25, -0.2) is 9.78 Å². The van der Waals surface area contributed by atoms with E-state index in [-0.39, 0.29) is 17.4 Å². The van der Waals surface area contributed by atoms with Crippen molar-refractivity contribution in [2.75, 3.05) is 11.9 Å². The number of fused-ring (bicyclic) bond motifs is 1. The first-order valence-corrected chi connectivity index (χ1v) is 5.09. The van der Waals surface area contributed by atoms with E-state index in [9.17, 15) is 9.59 Å². The smallest absolute Gasteiger partial charge is 0.354 e. The fourth-order valence-corrected chi connectivity index (χ4v) is 2.07. The van der Waals surface area contributed by atoms with E-state index in [1.807, 2.05) is 0 Å². The normalized spacial score (nSPS) is 14.3. The molecule has 0 saturated heterocycles. The summed E-state index contributed by atoms with van der Waals surface area (Å²) in [6.07, 6.45) is 0. The molecule has 0 aliphatic carbocycles. The molecule has 0 aromatic carbocycles. The van der Waals surface area contributed by atoms with Crippen LogP contribution in [0.4, 0.5) is 5.69 Å². The first-order chi connectivity index (χ1) is 7.08. The third-order valence-corrected chi connectivity index (χ3v) is 2.89. The molecule has 5 nitrogen and oxygen atoms in total. The van der Waals surface area contributed by atoms with E-state index in [1.54, 1.807) is 13.0 Å². The van der Waals surface area contributed by atoms with Gasteiger partial charge in [-0.1, -0.05) is 0 Å². The van der Waals surface area contributed by atoms with E-state index in [1.165, 1.54) is 0 Å². The van der Waals surface area contributed by atoms with Crippen LogP contribution in [0.3, 0.4) is 0 Å². The Hall–Kier alpha value is -1.56. The molecule has 0 bridgehead atoms. The van der Waals surface area contributed by atoms with Gasteiger partial charge in [-0.2, -0.15) is 0 Å². The number of hydrogen-bond acceptors (Lipinski definition) is 5. The van der Waals surface area contributed by atoms with Gasteiger partial charge >= 0.3 is 5.97 Å². The monoisotopic (exact) mass is 224 g/mol. The zero-order valence-corrected chi connectivity index (χ0v) is 8.72. The van der Waals surface area contributed by atoms with Crippen molar-refractivity contribution < 1.29 is 14.7 Å². The SMILES string of the molecule is Cc1cc2c(nc1C(=O)O)SC(=O)CN2. The number of anilines is 1. The number of carboxylic acids is 1. The largest absolute Gasteiger partial charge is 0.477 e. The highest BCUT2D eigenvalue weighted by Gasteiger charge is 2.20. The van der Waals surface area contributed by atoms with Crippen molar-refractivity contribution in [1.29, 1.82) is 0 Å². The Bertz CT molecular complexity index is 459. The first kappa shape index (κ1) is 9.97. The van der Waals surface area contributed by atoms with Crippen LogP contribution in [-0.2, 0) is 4.79 Å². The summed E-state index contributed by atoms with van der Waals surface area (Å²) in [5, 5.41) is 12.1. The van der Waals surface area contributed by atoms with Crippen LogP contribution in [0.15, 0.2) is 11.1 Å². The fourth-order valence-electron chi connectivity index (χ4n) is 1.33. The van der Waals surface area contributed by atoms with E-state index in [0.717, 1.165) is 17.4 Å². The standard InChI is InChI=1S/C9H8N2O3S/c1-4-2-5-8(11-7(4)9(13)14)15-6(12)3-10-5/h2,10H,3H2,1H3,(H,13,14). The van der Waals surface area contributed by atoms with Gasteiger partial charge in [0, 0.05) is 0 Å². The number of aryl methyl sites for hydroxylation is 1. The number of carbonyl (C=O) groups excluding carboxylic acids is 1. The highest BCUT2D eigenvalue weighted by molar-refractivity contribution is 8.13. The number of aromatic carboxylic acids is 1. The van der Waals surface area contributed by atoms with E-state index >= 15 is 0 Å². The minimum atomic E-state index is -1.08. The van der Waals surface area contributed by atoms with Crippen molar-refractivity contribution in [2.24, 2.45) is 0 Å². The van der Waals surface area contributed by atoms with Gasteiger partial charge in [0.05, 0.1) is 12.2 Å². The molecule has 0 fully saturated rings. The Kier molecular flexibility index (Phi) is 2.36. The minimum Gasteiger partial charge on any atom is -0.477 e. The number of nitrogens with zero attached hydrogens (tertiary/aromatic N) is 1. The number of carbonyl (C=O) groups is 2. The van der Waals surface area contributed by atoms with Gasteiger partial charge in [-0.05, 0) is 30.3 Å². The second kappa shape index (κ2) is 3.54. The summed E-state index contributed by atoms with van der Waals surface area (Å²) in [5.41, 5.74) is 1.31. The van der Waals surface area contributed by atoms with Crippen LogP contribution in [0.25, 0.3) is 0 Å². The van der Waals surface area contributed by atoms with Crippen molar-refractivity contribution in [3.63, 3.8) is 0 Å². The Morgan fingerprint density at radius 1 is 1.67 bits per heavy atom. The Labute approximate surface area is 89.9 Å². The molecule has 1 aliphatic rings.